The normalized spacial score (nSPS) is 29.0. The molecule has 6 atom stereocenters. The molecule has 150 valence electrons. The van der Waals surface area contributed by atoms with Crippen LogP contribution >= 0.6 is 0 Å². The Kier molecular flexibility index (Phi) is 7.11. The highest BCUT2D eigenvalue weighted by Crippen LogP contribution is 2.23. The highest BCUT2D eigenvalue weighted by Gasteiger charge is 2.44. The number of benzene rings is 1. The third-order valence-corrected chi connectivity index (χ3v) is 4.33. The van der Waals surface area contributed by atoms with Crippen molar-refractivity contribution in [2.75, 3.05) is 11.9 Å². The number of hydrogen-bond acceptors (Lipinski definition) is 8. The Hall–Kier alpha value is -2.24. The van der Waals surface area contributed by atoms with Crippen LogP contribution in [-0.4, -0.2) is 75.5 Å². The molecule has 8 N–H and O–H groups in total. The number of nitrogens with one attached hydrogen (secondary N) is 2. The zero-order chi connectivity index (χ0) is 20.1. The third-order valence-electron chi connectivity index (χ3n) is 4.33. The number of nitrogens with two attached hydrogens (primary N) is 1. The second kappa shape index (κ2) is 9.11. The first-order chi connectivity index (χ1) is 12.7. The number of carbonyl (C=O) groups is 2. The summed E-state index contributed by atoms with van der Waals surface area (Å²) < 4.78 is 5.58. The van der Waals surface area contributed by atoms with E-state index in [1.54, 1.807) is 24.3 Å². The number of anilines is 1. The Morgan fingerprint density at radius 1 is 1.22 bits per heavy atom. The van der Waals surface area contributed by atoms with Crippen LogP contribution in [0.15, 0.2) is 24.3 Å². The number of aliphatic hydroxyl groups is 3. The molecule has 1 saturated heterocycles. The van der Waals surface area contributed by atoms with Crippen LogP contribution in [0.4, 0.5) is 5.69 Å². The molecule has 0 bridgehead atoms. The average Bonchev–Trinajstić information content (AvgIpc) is 2.62. The number of aliphatic carboxylic acids is 1. The molecule has 2 rings (SSSR count). The van der Waals surface area contributed by atoms with E-state index in [1.807, 2.05) is 0 Å². The lowest BCUT2D eigenvalue weighted by atomic mass is 9.95. The summed E-state index contributed by atoms with van der Waals surface area (Å²) in [5.74, 6) is -1.50. The van der Waals surface area contributed by atoms with Gasteiger partial charge >= 0.3 is 5.97 Å². The van der Waals surface area contributed by atoms with E-state index in [9.17, 15) is 24.9 Å². The van der Waals surface area contributed by atoms with Crippen molar-refractivity contribution < 1.29 is 34.8 Å². The molecule has 0 aliphatic carbocycles. The molecule has 1 amide bonds. The van der Waals surface area contributed by atoms with Gasteiger partial charge < -0.3 is 41.5 Å². The molecule has 27 heavy (non-hydrogen) atoms. The lowest BCUT2D eigenvalue weighted by Crippen LogP contribution is -2.65. The Morgan fingerprint density at radius 2 is 1.85 bits per heavy atom. The van der Waals surface area contributed by atoms with Crippen LogP contribution < -0.4 is 16.4 Å². The van der Waals surface area contributed by atoms with E-state index in [-0.39, 0.29) is 6.42 Å². The molecule has 10 nitrogen and oxygen atoms in total. The minimum Gasteiger partial charge on any atom is -0.480 e. The van der Waals surface area contributed by atoms with Crippen LogP contribution in [0.2, 0.25) is 0 Å². The summed E-state index contributed by atoms with van der Waals surface area (Å²) in [5, 5.41) is 44.0. The molecule has 0 radical (unpaired) electrons. The summed E-state index contributed by atoms with van der Waals surface area (Å²) in [6, 6.07) is 4.77. The number of carbonyl (C=O) groups excluding carboxylic acids is 1. The van der Waals surface area contributed by atoms with E-state index in [2.05, 4.69) is 10.6 Å². The topological polar surface area (TPSA) is 174 Å². The zero-order valence-corrected chi connectivity index (χ0v) is 14.8. The fourth-order valence-electron chi connectivity index (χ4n) is 2.88. The molecule has 1 fully saturated rings. The molecular weight excluding hydrogens is 358 g/mol. The summed E-state index contributed by atoms with van der Waals surface area (Å²) in [6.07, 6.45) is -4.46. The van der Waals surface area contributed by atoms with Crippen LogP contribution in [-0.2, 0) is 20.7 Å². The smallest absolute Gasteiger partial charge is 0.320 e. The van der Waals surface area contributed by atoms with Gasteiger partial charge in [-0.1, -0.05) is 12.1 Å². The molecule has 1 aliphatic heterocycles. The van der Waals surface area contributed by atoms with E-state index in [4.69, 9.17) is 15.6 Å². The molecule has 1 aromatic rings. The van der Waals surface area contributed by atoms with E-state index < -0.39 is 55.1 Å². The van der Waals surface area contributed by atoms with Crippen molar-refractivity contribution in [1.29, 1.82) is 0 Å². The average molecular weight is 383 g/mol. The summed E-state index contributed by atoms with van der Waals surface area (Å²) in [5.41, 5.74) is 6.81. The molecule has 0 saturated carbocycles. The third kappa shape index (κ3) is 5.37. The maximum atomic E-state index is 11.4. The van der Waals surface area contributed by atoms with Crippen molar-refractivity contribution in [3.63, 3.8) is 0 Å². The first-order valence-electron chi connectivity index (χ1n) is 8.46. The number of hydrogen-bond donors (Lipinski definition) is 7. The van der Waals surface area contributed by atoms with Crippen LogP contribution in [0.3, 0.4) is 0 Å². The SMILES string of the molecule is CC(=O)N[C@@H]1[C@@H](O)[C@H](O)[C@@H](CO)O[C@H]1Nc1ccc(CC(N)C(=O)O)cc1. The number of carboxylic acids is 1. The van der Waals surface area contributed by atoms with Crippen molar-refractivity contribution in [3.8, 4) is 0 Å². The van der Waals surface area contributed by atoms with Gasteiger partial charge in [0, 0.05) is 12.6 Å². The summed E-state index contributed by atoms with van der Waals surface area (Å²) in [6.45, 7) is 0.768. The number of ether oxygens (including phenoxy) is 1. The van der Waals surface area contributed by atoms with Gasteiger partial charge in [0.15, 0.2) is 6.23 Å². The van der Waals surface area contributed by atoms with Gasteiger partial charge in [0.2, 0.25) is 5.91 Å². The van der Waals surface area contributed by atoms with Crippen molar-refractivity contribution in [3.05, 3.63) is 29.8 Å². The van der Waals surface area contributed by atoms with Crippen molar-refractivity contribution in [2.24, 2.45) is 5.73 Å². The largest absolute Gasteiger partial charge is 0.480 e. The first-order valence-corrected chi connectivity index (χ1v) is 8.46. The maximum absolute atomic E-state index is 11.4. The number of carboxylic acid groups (broad SMARTS) is 1. The number of aliphatic hydroxyl groups excluding tert-OH is 3. The van der Waals surface area contributed by atoms with Gasteiger partial charge in [-0.3, -0.25) is 9.59 Å². The van der Waals surface area contributed by atoms with Crippen LogP contribution in [0.1, 0.15) is 12.5 Å². The standard InChI is InChI=1S/C17H25N3O7/c1-8(22)19-13-15(24)14(23)12(7-21)27-16(13)20-10-4-2-9(3-5-10)6-11(18)17(25)26/h2-5,11-16,20-21,23-24H,6-7,18H2,1H3,(H,19,22)(H,25,26)/t11?,12-,13-,14-,15-,16-/m1/s1. The van der Waals surface area contributed by atoms with Gasteiger partial charge in [0.1, 0.15) is 30.4 Å². The van der Waals surface area contributed by atoms with Crippen LogP contribution in [0.5, 0.6) is 0 Å². The molecule has 1 aliphatic rings. The minimum absolute atomic E-state index is 0.168. The Morgan fingerprint density at radius 3 is 2.37 bits per heavy atom. The van der Waals surface area contributed by atoms with E-state index >= 15 is 0 Å². The molecule has 0 spiro atoms. The van der Waals surface area contributed by atoms with Crippen molar-refractivity contribution >= 4 is 17.6 Å². The zero-order valence-electron chi connectivity index (χ0n) is 14.8. The lowest BCUT2D eigenvalue weighted by molar-refractivity contribution is -0.188. The van der Waals surface area contributed by atoms with Gasteiger partial charge in [0.25, 0.3) is 0 Å². The predicted molar refractivity (Wildman–Crippen MR) is 94.7 cm³/mol. The number of rotatable bonds is 7. The van der Waals surface area contributed by atoms with Gasteiger partial charge in [-0.2, -0.15) is 0 Å². The van der Waals surface area contributed by atoms with Gasteiger partial charge in [-0.25, -0.2) is 0 Å². The highest BCUT2D eigenvalue weighted by atomic mass is 16.5. The van der Waals surface area contributed by atoms with Crippen LogP contribution in [0.25, 0.3) is 0 Å². The summed E-state index contributed by atoms with van der Waals surface area (Å²) >= 11 is 0. The lowest BCUT2D eigenvalue weighted by Gasteiger charge is -2.43. The molecule has 10 heteroatoms. The molecule has 1 unspecified atom stereocenters. The van der Waals surface area contributed by atoms with Crippen molar-refractivity contribution in [1.82, 2.24) is 5.32 Å². The van der Waals surface area contributed by atoms with Gasteiger partial charge in [-0.15, -0.1) is 0 Å². The first kappa shape index (κ1) is 21.1. The molecular formula is C17H25N3O7. The van der Waals surface area contributed by atoms with Gasteiger partial charge in [-0.05, 0) is 24.1 Å². The highest BCUT2D eigenvalue weighted by molar-refractivity contribution is 5.74. The Labute approximate surface area is 155 Å². The Bertz CT molecular complexity index is 654. The predicted octanol–water partition coefficient (Wildman–Crippen LogP) is -2.00. The Balaban J connectivity index is 2.11. The minimum atomic E-state index is -1.36. The molecule has 1 aromatic carbocycles. The van der Waals surface area contributed by atoms with Gasteiger partial charge in [0.05, 0.1) is 6.61 Å². The fourth-order valence-corrected chi connectivity index (χ4v) is 2.88. The van der Waals surface area contributed by atoms with E-state index in [1.165, 1.54) is 6.92 Å². The quantitative estimate of drug-likeness (QED) is 0.281. The van der Waals surface area contributed by atoms with Crippen molar-refractivity contribution in [2.45, 2.75) is 50.0 Å². The maximum Gasteiger partial charge on any atom is 0.320 e. The molecule has 1 heterocycles. The van der Waals surface area contributed by atoms with Crippen LogP contribution in [0, 0.1) is 0 Å². The monoisotopic (exact) mass is 383 g/mol. The molecule has 0 aromatic heterocycles. The summed E-state index contributed by atoms with van der Waals surface area (Å²) in [4.78, 5) is 22.2. The van der Waals surface area contributed by atoms with E-state index in [0.717, 1.165) is 5.56 Å². The second-order valence-corrected chi connectivity index (χ2v) is 6.48. The van der Waals surface area contributed by atoms with E-state index in [0.29, 0.717) is 5.69 Å². The fraction of sp³-hybridized carbons (Fsp3) is 0.529. The second-order valence-electron chi connectivity index (χ2n) is 6.48. The summed E-state index contributed by atoms with van der Waals surface area (Å²) in [7, 11) is 0. The number of amides is 1.